The first kappa shape index (κ1) is 12.0. The van der Waals surface area contributed by atoms with Gasteiger partial charge < -0.3 is 11.1 Å². The maximum absolute atomic E-state index is 5.62. The van der Waals surface area contributed by atoms with Crippen LogP contribution in [0.5, 0.6) is 0 Å². The van der Waals surface area contributed by atoms with E-state index in [9.17, 15) is 0 Å². The van der Waals surface area contributed by atoms with Gasteiger partial charge in [0, 0.05) is 12.7 Å². The van der Waals surface area contributed by atoms with E-state index in [1.165, 1.54) is 37.7 Å². The summed E-state index contributed by atoms with van der Waals surface area (Å²) >= 11 is 0. The molecular formula is C14H21N3. The van der Waals surface area contributed by atoms with Crippen molar-refractivity contribution < 1.29 is 0 Å². The Balaban J connectivity index is 2.01. The molecule has 0 radical (unpaired) electrons. The van der Waals surface area contributed by atoms with Gasteiger partial charge in [0.05, 0.1) is 0 Å². The normalized spacial score (nSPS) is 18.1. The van der Waals surface area contributed by atoms with Crippen LogP contribution in [0.25, 0.3) is 0 Å². The molecule has 1 aromatic carbocycles. The van der Waals surface area contributed by atoms with Crippen molar-refractivity contribution in [2.45, 2.75) is 38.0 Å². The van der Waals surface area contributed by atoms with Crippen molar-refractivity contribution in [3.8, 4) is 0 Å². The lowest BCUT2D eigenvalue weighted by atomic mass is 9.84. The number of nitrogens with two attached hydrogens (primary N) is 1. The molecule has 3 nitrogen and oxygen atoms in total. The van der Waals surface area contributed by atoms with Gasteiger partial charge in [-0.25, -0.2) is 0 Å². The molecule has 3 N–H and O–H groups in total. The molecule has 0 aromatic heterocycles. The van der Waals surface area contributed by atoms with Gasteiger partial charge in [-0.05, 0) is 36.5 Å². The number of guanidine groups is 1. The molecule has 1 fully saturated rings. The molecule has 0 atom stereocenters. The van der Waals surface area contributed by atoms with Crippen molar-refractivity contribution in [1.29, 1.82) is 0 Å². The van der Waals surface area contributed by atoms with Gasteiger partial charge in [0.25, 0.3) is 0 Å². The fourth-order valence-electron chi connectivity index (χ4n) is 2.48. The summed E-state index contributed by atoms with van der Waals surface area (Å²) in [6.45, 7) is 0. The lowest BCUT2D eigenvalue weighted by molar-refractivity contribution is 0.443. The predicted molar refractivity (Wildman–Crippen MR) is 73.4 cm³/mol. The highest BCUT2D eigenvalue weighted by molar-refractivity contribution is 5.92. The van der Waals surface area contributed by atoms with Gasteiger partial charge in [-0.1, -0.05) is 31.4 Å². The number of nitrogens with one attached hydrogen (secondary N) is 1. The van der Waals surface area contributed by atoms with Crippen LogP contribution in [0.2, 0.25) is 0 Å². The molecule has 1 aliphatic rings. The second kappa shape index (κ2) is 5.71. The van der Waals surface area contributed by atoms with Gasteiger partial charge in [-0.15, -0.1) is 0 Å². The molecule has 1 aliphatic carbocycles. The van der Waals surface area contributed by atoms with Crippen LogP contribution in [-0.4, -0.2) is 13.0 Å². The number of nitrogens with zero attached hydrogens (tertiary/aromatic N) is 1. The molecule has 0 heterocycles. The summed E-state index contributed by atoms with van der Waals surface area (Å²) < 4.78 is 0. The zero-order valence-electron chi connectivity index (χ0n) is 10.4. The van der Waals surface area contributed by atoms with Gasteiger partial charge in [-0.2, -0.15) is 0 Å². The van der Waals surface area contributed by atoms with E-state index in [1.807, 2.05) is 0 Å². The van der Waals surface area contributed by atoms with Crippen molar-refractivity contribution in [1.82, 2.24) is 0 Å². The maximum Gasteiger partial charge on any atom is 0.192 e. The van der Waals surface area contributed by atoms with E-state index in [0.717, 1.165) is 11.6 Å². The highest BCUT2D eigenvalue weighted by Crippen LogP contribution is 2.32. The number of anilines is 1. The Hall–Kier alpha value is -1.51. The fraction of sp³-hybridized carbons (Fsp3) is 0.500. The first-order valence-electron chi connectivity index (χ1n) is 6.39. The predicted octanol–water partition coefficient (Wildman–Crippen LogP) is 3.09. The van der Waals surface area contributed by atoms with Crippen LogP contribution in [0.4, 0.5) is 5.69 Å². The summed E-state index contributed by atoms with van der Waals surface area (Å²) in [5.41, 5.74) is 8.09. The number of benzene rings is 1. The van der Waals surface area contributed by atoms with Gasteiger partial charge in [-0.3, -0.25) is 4.99 Å². The van der Waals surface area contributed by atoms with Crippen molar-refractivity contribution >= 4 is 11.6 Å². The third kappa shape index (κ3) is 3.22. The summed E-state index contributed by atoms with van der Waals surface area (Å²) in [5.74, 6) is 1.21. The average Bonchev–Trinajstić information content (AvgIpc) is 2.40. The van der Waals surface area contributed by atoms with E-state index >= 15 is 0 Å². The van der Waals surface area contributed by atoms with Crippen molar-refractivity contribution in [3.63, 3.8) is 0 Å². The number of aliphatic imine (C=N–C) groups is 1. The van der Waals surface area contributed by atoms with Crippen LogP contribution in [0, 0.1) is 0 Å². The van der Waals surface area contributed by atoms with Crippen LogP contribution < -0.4 is 11.1 Å². The van der Waals surface area contributed by atoms with Crippen molar-refractivity contribution in [2.75, 3.05) is 12.4 Å². The molecule has 2 rings (SSSR count). The van der Waals surface area contributed by atoms with Gasteiger partial charge in [0.15, 0.2) is 5.96 Å². The van der Waals surface area contributed by atoms with E-state index in [0.29, 0.717) is 5.96 Å². The third-order valence-corrected chi connectivity index (χ3v) is 3.50. The second-order valence-corrected chi connectivity index (χ2v) is 4.69. The summed E-state index contributed by atoms with van der Waals surface area (Å²) in [4.78, 5) is 3.88. The molecule has 0 unspecified atom stereocenters. The zero-order chi connectivity index (χ0) is 12.1. The standard InChI is InChI=1S/C14H21N3/c1-16-14(15)17-13-9-7-12(8-10-13)11-5-3-2-4-6-11/h7-11H,2-6H2,1H3,(H3,15,16,17). The van der Waals surface area contributed by atoms with E-state index in [4.69, 9.17) is 5.73 Å². The lowest BCUT2D eigenvalue weighted by Gasteiger charge is -2.22. The highest BCUT2D eigenvalue weighted by Gasteiger charge is 2.14. The largest absolute Gasteiger partial charge is 0.370 e. The Morgan fingerprint density at radius 2 is 1.82 bits per heavy atom. The molecule has 92 valence electrons. The number of rotatable bonds is 2. The minimum absolute atomic E-state index is 0.454. The summed E-state index contributed by atoms with van der Waals surface area (Å²) in [5, 5.41) is 3.05. The molecule has 0 spiro atoms. The Labute approximate surface area is 103 Å². The maximum atomic E-state index is 5.62. The van der Waals surface area contributed by atoms with Crippen molar-refractivity contribution in [2.24, 2.45) is 10.7 Å². The number of hydrogen-bond donors (Lipinski definition) is 2. The van der Waals surface area contributed by atoms with Crippen molar-refractivity contribution in [3.05, 3.63) is 29.8 Å². The van der Waals surface area contributed by atoms with E-state index < -0.39 is 0 Å². The average molecular weight is 231 g/mol. The second-order valence-electron chi connectivity index (χ2n) is 4.69. The zero-order valence-corrected chi connectivity index (χ0v) is 10.4. The monoisotopic (exact) mass is 231 g/mol. The Bertz CT molecular complexity index is 375. The first-order valence-corrected chi connectivity index (χ1v) is 6.39. The minimum atomic E-state index is 0.454. The molecule has 0 amide bonds. The summed E-state index contributed by atoms with van der Waals surface area (Å²) in [6.07, 6.45) is 6.83. The number of hydrogen-bond acceptors (Lipinski definition) is 1. The topological polar surface area (TPSA) is 50.4 Å². The van der Waals surface area contributed by atoms with Crippen LogP contribution in [-0.2, 0) is 0 Å². The quantitative estimate of drug-likeness (QED) is 0.607. The Kier molecular flexibility index (Phi) is 4.02. The van der Waals surface area contributed by atoms with E-state index in [2.05, 4.69) is 34.6 Å². The smallest absolute Gasteiger partial charge is 0.192 e. The summed E-state index contributed by atoms with van der Waals surface area (Å²) in [7, 11) is 1.68. The van der Waals surface area contributed by atoms with E-state index in [1.54, 1.807) is 7.05 Å². The van der Waals surface area contributed by atoms with Gasteiger partial charge in [0.1, 0.15) is 0 Å². The molecule has 1 aromatic rings. The third-order valence-electron chi connectivity index (χ3n) is 3.50. The fourth-order valence-corrected chi connectivity index (χ4v) is 2.48. The van der Waals surface area contributed by atoms with Crippen LogP contribution in [0.15, 0.2) is 29.3 Å². The van der Waals surface area contributed by atoms with E-state index in [-0.39, 0.29) is 0 Å². The Morgan fingerprint density at radius 3 is 2.41 bits per heavy atom. The molecule has 3 heteroatoms. The molecular weight excluding hydrogens is 210 g/mol. The Morgan fingerprint density at radius 1 is 1.18 bits per heavy atom. The van der Waals surface area contributed by atoms with Gasteiger partial charge >= 0.3 is 0 Å². The first-order chi connectivity index (χ1) is 8.29. The molecule has 17 heavy (non-hydrogen) atoms. The molecule has 0 saturated heterocycles. The highest BCUT2D eigenvalue weighted by atomic mass is 15.1. The van der Waals surface area contributed by atoms with Crippen LogP contribution in [0.3, 0.4) is 0 Å². The molecule has 0 aliphatic heterocycles. The van der Waals surface area contributed by atoms with Crippen LogP contribution in [0.1, 0.15) is 43.6 Å². The molecule has 0 bridgehead atoms. The SMILES string of the molecule is CN=C(N)Nc1ccc(C2CCCCC2)cc1. The van der Waals surface area contributed by atoms with Crippen LogP contribution >= 0.6 is 0 Å². The minimum Gasteiger partial charge on any atom is -0.370 e. The lowest BCUT2D eigenvalue weighted by Crippen LogP contribution is -2.21. The van der Waals surface area contributed by atoms with Gasteiger partial charge in [0.2, 0.25) is 0 Å². The summed E-state index contributed by atoms with van der Waals surface area (Å²) in [6, 6.07) is 8.59. The molecule has 1 saturated carbocycles.